The van der Waals surface area contributed by atoms with Crippen LogP contribution >= 0.6 is 0 Å². The van der Waals surface area contributed by atoms with Crippen molar-refractivity contribution in [2.24, 2.45) is 23.7 Å². The summed E-state index contributed by atoms with van der Waals surface area (Å²) in [6.07, 6.45) is 13.4. The molecule has 0 aromatic heterocycles. The molecule has 2 aliphatic rings. The zero-order valence-corrected chi connectivity index (χ0v) is 21.8. The first-order valence-corrected chi connectivity index (χ1v) is 13.4. The van der Waals surface area contributed by atoms with Crippen LogP contribution in [0.3, 0.4) is 0 Å². The molecule has 0 heterocycles. The summed E-state index contributed by atoms with van der Waals surface area (Å²) >= 11 is 0. The molecule has 186 valence electrons. The first kappa shape index (κ1) is 27.6. The maximum absolute atomic E-state index is 10.6. The van der Waals surface area contributed by atoms with Crippen LogP contribution in [0.1, 0.15) is 86.5 Å². The zero-order valence-electron chi connectivity index (χ0n) is 21.8. The molecule has 0 bridgehead atoms. The number of nitrogens with zero attached hydrogens (tertiary/aromatic N) is 1. The van der Waals surface area contributed by atoms with Gasteiger partial charge in [0.2, 0.25) is 0 Å². The molecule has 1 saturated carbocycles. The fraction of sp³-hybridized carbons (Fsp3) is 0.857. The van der Waals surface area contributed by atoms with E-state index in [1.54, 1.807) is 0 Å². The van der Waals surface area contributed by atoms with Gasteiger partial charge in [0, 0.05) is 24.5 Å². The minimum absolute atomic E-state index is 0.181. The van der Waals surface area contributed by atoms with Gasteiger partial charge in [-0.2, -0.15) is 0 Å². The zero-order chi connectivity index (χ0) is 23.7. The lowest BCUT2D eigenvalue weighted by Gasteiger charge is -2.30. The minimum atomic E-state index is -0.389. The molecule has 0 aromatic carbocycles. The lowest BCUT2D eigenvalue weighted by molar-refractivity contribution is 0.139. The Morgan fingerprint density at radius 2 is 1.88 bits per heavy atom. The van der Waals surface area contributed by atoms with Crippen molar-refractivity contribution in [1.82, 2.24) is 10.2 Å². The Labute approximate surface area is 198 Å². The monoisotopic (exact) mass is 448 g/mol. The molecule has 2 rings (SSSR count). The molecule has 0 radical (unpaired) electrons. The predicted octanol–water partition coefficient (Wildman–Crippen LogP) is 5.16. The number of aliphatic hydroxyl groups is 2. The van der Waals surface area contributed by atoms with Crippen molar-refractivity contribution in [3.63, 3.8) is 0 Å². The Morgan fingerprint density at radius 3 is 2.53 bits per heavy atom. The van der Waals surface area contributed by atoms with E-state index in [0.29, 0.717) is 29.8 Å². The van der Waals surface area contributed by atoms with Crippen LogP contribution in [0.2, 0.25) is 0 Å². The Hall–Kier alpha value is -0.680. The first-order chi connectivity index (χ1) is 15.2. The number of fused-ring (bicyclic) bond motifs is 1. The second-order valence-electron chi connectivity index (χ2n) is 11.1. The van der Waals surface area contributed by atoms with Crippen LogP contribution < -0.4 is 5.32 Å². The molecule has 4 heteroatoms. The molecule has 0 aliphatic heterocycles. The van der Waals surface area contributed by atoms with Gasteiger partial charge in [0.05, 0.1) is 12.2 Å². The molecule has 6 atom stereocenters. The maximum atomic E-state index is 10.6. The van der Waals surface area contributed by atoms with E-state index in [2.05, 4.69) is 63.9 Å². The van der Waals surface area contributed by atoms with Crippen molar-refractivity contribution in [3.8, 4) is 0 Å². The summed E-state index contributed by atoms with van der Waals surface area (Å²) in [6.45, 7) is 16.7. The van der Waals surface area contributed by atoms with E-state index >= 15 is 0 Å². The van der Waals surface area contributed by atoms with Crippen molar-refractivity contribution in [2.75, 3.05) is 19.6 Å². The maximum Gasteiger partial charge on any atom is 0.0723 e. The molecule has 4 nitrogen and oxygen atoms in total. The van der Waals surface area contributed by atoms with Crippen molar-refractivity contribution >= 4 is 0 Å². The molecule has 0 saturated heterocycles. The summed E-state index contributed by atoms with van der Waals surface area (Å²) < 4.78 is 0. The molecule has 32 heavy (non-hydrogen) atoms. The van der Waals surface area contributed by atoms with Crippen LogP contribution in [0, 0.1) is 23.7 Å². The third-order valence-corrected chi connectivity index (χ3v) is 7.65. The van der Waals surface area contributed by atoms with E-state index in [4.69, 9.17) is 0 Å². The van der Waals surface area contributed by atoms with Crippen LogP contribution in [0.15, 0.2) is 23.8 Å². The van der Waals surface area contributed by atoms with Crippen LogP contribution in [-0.2, 0) is 0 Å². The highest BCUT2D eigenvalue weighted by Gasteiger charge is 2.43. The lowest BCUT2D eigenvalue weighted by Crippen LogP contribution is -2.38. The van der Waals surface area contributed by atoms with Crippen molar-refractivity contribution in [2.45, 2.75) is 111 Å². The highest BCUT2D eigenvalue weighted by molar-refractivity contribution is 5.22. The number of allylic oxidation sites excluding steroid dienone is 1. The molecule has 0 amide bonds. The van der Waals surface area contributed by atoms with Gasteiger partial charge < -0.3 is 15.5 Å². The van der Waals surface area contributed by atoms with E-state index in [-0.39, 0.29) is 18.1 Å². The molecular weight excluding hydrogens is 396 g/mol. The van der Waals surface area contributed by atoms with Crippen LogP contribution in [0.25, 0.3) is 0 Å². The van der Waals surface area contributed by atoms with E-state index in [9.17, 15) is 10.2 Å². The van der Waals surface area contributed by atoms with Crippen molar-refractivity contribution < 1.29 is 10.2 Å². The van der Waals surface area contributed by atoms with Crippen LogP contribution in [-0.4, -0.2) is 59.0 Å². The van der Waals surface area contributed by atoms with Gasteiger partial charge in [-0.05, 0) is 84.2 Å². The number of nitrogens with one attached hydrogen (secondary N) is 1. The fourth-order valence-electron chi connectivity index (χ4n) is 5.90. The average molecular weight is 449 g/mol. The summed E-state index contributed by atoms with van der Waals surface area (Å²) in [5, 5.41) is 24.7. The number of rotatable bonds is 15. The minimum Gasteiger partial charge on any atom is -0.392 e. The quantitative estimate of drug-likeness (QED) is 0.239. The molecule has 1 fully saturated rings. The SMILES string of the molecule is CCCC[C@H](C)C[C@H](O)C=C[C@@H]1[C@H]2CC(CNCCCN(C(C)C)C(C)C)=C[C@H]2C[C@H]1O. The predicted molar refractivity (Wildman–Crippen MR) is 137 cm³/mol. The van der Waals surface area contributed by atoms with Gasteiger partial charge in [0.25, 0.3) is 0 Å². The Bertz CT molecular complexity index is 578. The van der Waals surface area contributed by atoms with E-state index in [1.165, 1.54) is 31.3 Å². The molecule has 0 aromatic rings. The smallest absolute Gasteiger partial charge is 0.0723 e. The normalized spacial score (nSPS) is 27.7. The fourth-order valence-corrected chi connectivity index (χ4v) is 5.90. The Balaban J connectivity index is 1.73. The van der Waals surface area contributed by atoms with Gasteiger partial charge in [-0.25, -0.2) is 0 Å². The number of hydrogen-bond donors (Lipinski definition) is 3. The molecule has 2 aliphatic carbocycles. The van der Waals surface area contributed by atoms with Crippen LogP contribution in [0.4, 0.5) is 0 Å². The first-order valence-electron chi connectivity index (χ1n) is 13.4. The summed E-state index contributed by atoms with van der Waals surface area (Å²) in [7, 11) is 0. The molecular formula is C28H52N2O2. The summed E-state index contributed by atoms with van der Waals surface area (Å²) in [5.74, 6) is 1.73. The highest BCUT2D eigenvalue weighted by Crippen LogP contribution is 2.47. The summed E-state index contributed by atoms with van der Waals surface area (Å²) in [5.41, 5.74) is 1.50. The summed E-state index contributed by atoms with van der Waals surface area (Å²) in [4.78, 5) is 2.55. The molecule has 0 unspecified atom stereocenters. The largest absolute Gasteiger partial charge is 0.392 e. The standard InChI is InChI=1S/C28H52N2O2/c1-7-8-10-22(6)15-25(31)11-12-26-27-17-23(16-24(27)18-28(26)32)19-29-13-9-14-30(20(2)3)21(4)5/h11-12,16,20-22,24-29,31-32H,7-10,13-15,17-19H2,1-6H3/t22-,24-,25+,26+,27-,28+/m0/s1. The van der Waals surface area contributed by atoms with E-state index in [1.807, 2.05) is 6.08 Å². The van der Waals surface area contributed by atoms with Gasteiger partial charge in [0.15, 0.2) is 0 Å². The van der Waals surface area contributed by atoms with E-state index in [0.717, 1.165) is 38.9 Å². The van der Waals surface area contributed by atoms with Gasteiger partial charge in [0.1, 0.15) is 0 Å². The Kier molecular flexibility index (Phi) is 12.0. The average Bonchev–Trinajstić information content (AvgIpc) is 3.23. The van der Waals surface area contributed by atoms with E-state index < -0.39 is 0 Å². The topological polar surface area (TPSA) is 55.7 Å². The third-order valence-electron chi connectivity index (χ3n) is 7.65. The highest BCUT2D eigenvalue weighted by atomic mass is 16.3. The second kappa shape index (κ2) is 13.9. The second-order valence-corrected chi connectivity index (χ2v) is 11.1. The Morgan fingerprint density at radius 1 is 1.16 bits per heavy atom. The van der Waals surface area contributed by atoms with Gasteiger partial charge >= 0.3 is 0 Å². The van der Waals surface area contributed by atoms with Crippen molar-refractivity contribution in [3.05, 3.63) is 23.8 Å². The number of unbranched alkanes of at least 4 members (excludes halogenated alkanes) is 1. The van der Waals surface area contributed by atoms with Gasteiger partial charge in [-0.15, -0.1) is 0 Å². The summed E-state index contributed by atoms with van der Waals surface area (Å²) in [6, 6.07) is 1.20. The third kappa shape index (κ3) is 8.59. The number of hydrogen-bond acceptors (Lipinski definition) is 4. The van der Waals surface area contributed by atoms with Gasteiger partial charge in [-0.3, -0.25) is 4.90 Å². The van der Waals surface area contributed by atoms with Gasteiger partial charge in [-0.1, -0.05) is 56.9 Å². The van der Waals surface area contributed by atoms with Crippen molar-refractivity contribution in [1.29, 1.82) is 0 Å². The number of aliphatic hydroxyl groups excluding tert-OH is 2. The lowest BCUT2D eigenvalue weighted by atomic mass is 9.88. The van der Waals surface area contributed by atoms with Crippen LogP contribution in [0.5, 0.6) is 0 Å². The molecule has 0 spiro atoms. The molecule has 3 N–H and O–H groups in total.